The van der Waals surface area contributed by atoms with Crippen molar-refractivity contribution in [2.75, 3.05) is 18.5 Å². The Balaban J connectivity index is 1.36. The molecular formula is C27H34N4O3. The van der Waals surface area contributed by atoms with E-state index in [1.54, 1.807) is 0 Å². The van der Waals surface area contributed by atoms with Crippen LogP contribution in [0, 0.1) is 5.92 Å². The van der Waals surface area contributed by atoms with E-state index in [2.05, 4.69) is 10.6 Å². The minimum Gasteiger partial charge on any atom is -0.494 e. The first kappa shape index (κ1) is 23.8. The summed E-state index contributed by atoms with van der Waals surface area (Å²) in [5, 5.41) is 6.06. The van der Waals surface area contributed by atoms with Gasteiger partial charge in [0.1, 0.15) is 18.1 Å². The largest absolute Gasteiger partial charge is 0.494 e. The molecule has 1 heterocycles. The van der Waals surface area contributed by atoms with Gasteiger partial charge in [0.2, 0.25) is 11.8 Å². The number of carbonyl (C=O) groups excluding carboxylic acids is 2. The molecule has 1 aliphatic carbocycles. The van der Waals surface area contributed by atoms with Crippen molar-refractivity contribution < 1.29 is 14.3 Å². The molecule has 0 atom stereocenters. The van der Waals surface area contributed by atoms with E-state index in [1.165, 1.54) is 6.42 Å². The maximum absolute atomic E-state index is 12.8. The highest BCUT2D eigenvalue weighted by Crippen LogP contribution is 2.23. The average Bonchev–Trinajstić information content (AvgIpc) is 3.20. The van der Waals surface area contributed by atoms with Crippen LogP contribution in [0.15, 0.2) is 48.5 Å². The number of rotatable bonds is 10. The van der Waals surface area contributed by atoms with Gasteiger partial charge in [-0.2, -0.15) is 0 Å². The Morgan fingerprint density at radius 1 is 1.06 bits per heavy atom. The molecule has 1 aromatic heterocycles. The molecule has 4 rings (SSSR count). The zero-order valence-electron chi connectivity index (χ0n) is 19.9. The summed E-state index contributed by atoms with van der Waals surface area (Å²) in [5.74, 6) is 1.88. The van der Waals surface area contributed by atoms with Crippen molar-refractivity contribution in [3.8, 4) is 5.75 Å². The molecule has 1 fully saturated rings. The van der Waals surface area contributed by atoms with Crippen LogP contribution in [-0.4, -0.2) is 34.5 Å². The summed E-state index contributed by atoms with van der Waals surface area (Å²) in [4.78, 5) is 30.0. The van der Waals surface area contributed by atoms with E-state index in [4.69, 9.17) is 9.72 Å². The molecule has 0 spiro atoms. The summed E-state index contributed by atoms with van der Waals surface area (Å²) in [5.41, 5.74) is 2.54. The van der Waals surface area contributed by atoms with Crippen molar-refractivity contribution in [3.05, 3.63) is 54.4 Å². The van der Waals surface area contributed by atoms with Crippen LogP contribution < -0.4 is 15.4 Å². The van der Waals surface area contributed by atoms with Gasteiger partial charge >= 0.3 is 0 Å². The molecule has 0 radical (unpaired) electrons. The third-order valence-electron chi connectivity index (χ3n) is 6.34. The van der Waals surface area contributed by atoms with Gasteiger partial charge in [-0.1, -0.05) is 31.4 Å². The number of imidazole rings is 1. The number of aryl methyl sites for hydroxylation is 1. The van der Waals surface area contributed by atoms with E-state index in [1.807, 2.05) is 60.0 Å². The van der Waals surface area contributed by atoms with Crippen molar-refractivity contribution >= 4 is 28.5 Å². The van der Waals surface area contributed by atoms with E-state index < -0.39 is 0 Å². The number of anilines is 1. The van der Waals surface area contributed by atoms with Gasteiger partial charge in [0.05, 0.1) is 17.6 Å². The SMILES string of the molecule is CCOc1ccc(NC(=O)Cn2c(CCCNC(=O)C3CCCCC3)nc3ccccc32)cc1. The number of hydrogen-bond acceptors (Lipinski definition) is 4. The zero-order valence-corrected chi connectivity index (χ0v) is 19.9. The van der Waals surface area contributed by atoms with Gasteiger partial charge in [0, 0.05) is 24.6 Å². The Morgan fingerprint density at radius 2 is 1.82 bits per heavy atom. The van der Waals surface area contributed by atoms with Crippen molar-refractivity contribution in [2.24, 2.45) is 5.92 Å². The van der Waals surface area contributed by atoms with Crippen LogP contribution in [0.5, 0.6) is 5.75 Å². The molecule has 0 bridgehead atoms. The summed E-state index contributed by atoms with van der Waals surface area (Å²) < 4.78 is 7.43. The fraction of sp³-hybridized carbons (Fsp3) is 0.444. The van der Waals surface area contributed by atoms with Crippen LogP contribution in [0.4, 0.5) is 5.69 Å². The number of fused-ring (bicyclic) bond motifs is 1. The molecular weight excluding hydrogens is 428 g/mol. The van der Waals surface area contributed by atoms with Crippen LogP contribution in [0.1, 0.15) is 51.3 Å². The maximum atomic E-state index is 12.8. The van der Waals surface area contributed by atoms with Gasteiger partial charge in [-0.25, -0.2) is 4.98 Å². The Hall–Kier alpha value is -3.35. The number of aromatic nitrogens is 2. The topological polar surface area (TPSA) is 85.2 Å². The number of ether oxygens (including phenoxy) is 1. The molecule has 2 N–H and O–H groups in total. The molecule has 2 aromatic carbocycles. The average molecular weight is 463 g/mol. The van der Waals surface area contributed by atoms with E-state index in [9.17, 15) is 9.59 Å². The van der Waals surface area contributed by atoms with Gasteiger partial charge in [0.25, 0.3) is 0 Å². The molecule has 7 nitrogen and oxygen atoms in total. The van der Waals surface area contributed by atoms with Gasteiger partial charge in [-0.05, 0) is 62.6 Å². The Bertz CT molecular complexity index is 1100. The second kappa shape index (κ2) is 11.7. The Morgan fingerprint density at radius 3 is 2.59 bits per heavy atom. The second-order valence-electron chi connectivity index (χ2n) is 8.84. The highest BCUT2D eigenvalue weighted by Gasteiger charge is 2.20. The number of carbonyl (C=O) groups is 2. The van der Waals surface area contributed by atoms with Crippen molar-refractivity contribution in [2.45, 2.75) is 58.4 Å². The molecule has 0 saturated heterocycles. The first-order chi connectivity index (χ1) is 16.6. The standard InChI is InChI=1S/C27H34N4O3/c1-2-34-22-16-14-21(15-17-22)29-26(32)19-31-24-12-7-6-11-23(24)30-25(31)13-8-18-28-27(33)20-9-4-3-5-10-20/h6-7,11-12,14-17,20H,2-5,8-10,13,18-19H2,1H3,(H,28,33)(H,29,32). The Kier molecular flexibility index (Phi) is 8.17. The number of amides is 2. The molecule has 34 heavy (non-hydrogen) atoms. The first-order valence-corrected chi connectivity index (χ1v) is 12.4. The van der Waals surface area contributed by atoms with Gasteiger partial charge in [0.15, 0.2) is 0 Å². The fourth-order valence-corrected chi connectivity index (χ4v) is 4.61. The number of hydrogen-bond donors (Lipinski definition) is 2. The van der Waals surface area contributed by atoms with E-state index in [-0.39, 0.29) is 24.3 Å². The number of nitrogens with one attached hydrogen (secondary N) is 2. The highest BCUT2D eigenvalue weighted by atomic mass is 16.5. The van der Waals surface area contributed by atoms with Crippen LogP contribution in [0.25, 0.3) is 11.0 Å². The van der Waals surface area contributed by atoms with Crippen LogP contribution in [0.3, 0.4) is 0 Å². The van der Waals surface area contributed by atoms with E-state index in [0.29, 0.717) is 19.6 Å². The summed E-state index contributed by atoms with van der Waals surface area (Å²) in [6.07, 6.45) is 7.03. The molecule has 1 saturated carbocycles. The molecule has 0 aliphatic heterocycles. The van der Waals surface area contributed by atoms with Gasteiger partial charge in [-0.3, -0.25) is 9.59 Å². The number of nitrogens with zero attached hydrogens (tertiary/aromatic N) is 2. The summed E-state index contributed by atoms with van der Waals surface area (Å²) in [6.45, 7) is 3.34. The Labute approximate surface area is 200 Å². The predicted octanol–water partition coefficient (Wildman–Crippen LogP) is 4.70. The highest BCUT2D eigenvalue weighted by molar-refractivity contribution is 5.91. The summed E-state index contributed by atoms with van der Waals surface area (Å²) in [7, 11) is 0. The lowest BCUT2D eigenvalue weighted by Gasteiger charge is -2.20. The maximum Gasteiger partial charge on any atom is 0.244 e. The number of benzene rings is 2. The third kappa shape index (κ3) is 6.16. The lowest BCUT2D eigenvalue weighted by molar-refractivity contribution is -0.125. The minimum atomic E-state index is -0.112. The smallest absolute Gasteiger partial charge is 0.244 e. The van der Waals surface area contributed by atoms with Crippen LogP contribution in [-0.2, 0) is 22.6 Å². The lowest BCUT2D eigenvalue weighted by atomic mass is 9.89. The predicted molar refractivity (Wildman–Crippen MR) is 134 cm³/mol. The number of para-hydroxylation sites is 2. The van der Waals surface area contributed by atoms with Gasteiger partial charge in [-0.15, -0.1) is 0 Å². The molecule has 3 aromatic rings. The normalized spacial score (nSPS) is 14.1. The molecule has 1 aliphatic rings. The van der Waals surface area contributed by atoms with E-state index in [0.717, 1.165) is 60.4 Å². The van der Waals surface area contributed by atoms with Crippen LogP contribution >= 0.6 is 0 Å². The minimum absolute atomic E-state index is 0.112. The third-order valence-corrected chi connectivity index (χ3v) is 6.34. The van der Waals surface area contributed by atoms with E-state index >= 15 is 0 Å². The molecule has 7 heteroatoms. The zero-order chi connectivity index (χ0) is 23.8. The summed E-state index contributed by atoms with van der Waals surface area (Å²) >= 11 is 0. The van der Waals surface area contributed by atoms with Crippen molar-refractivity contribution in [3.63, 3.8) is 0 Å². The molecule has 2 amide bonds. The quantitative estimate of drug-likeness (QED) is 0.428. The molecule has 180 valence electrons. The monoisotopic (exact) mass is 462 g/mol. The lowest BCUT2D eigenvalue weighted by Crippen LogP contribution is -2.32. The summed E-state index contributed by atoms with van der Waals surface area (Å²) in [6, 6.07) is 15.2. The van der Waals surface area contributed by atoms with Crippen molar-refractivity contribution in [1.29, 1.82) is 0 Å². The first-order valence-electron chi connectivity index (χ1n) is 12.4. The van der Waals surface area contributed by atoms with Crippen LogP contribution in [0.2, 0.25) is 0 Å². The fourth-order valence-electron chi connectivity index (χ4n) is 4.61. The molecule has 0 unspecified atom stereocenters. The van der Waals surface area contributed by atoms with Gasteiger partial charge < -0.3 is 19.9 Å². The second-order valence-corrected chi connectivity index (χ2v) is 8.84. The van der Waals surface area contributed by atoms with Crippen molar-refractivity contribution in [1.82, 2.24) is 14.9 Å².